The molecule has 0 radical (unpaired) electrons. The van der Waals surface area contributed by atoms with Crippen molar-refractivity contribution >= 4 is 5.97 Å². The fourth-order valence-electron chi connectivity index (χ4n) is 0.884. The largest absolute Gasteiger partial charge is 0.477 e. The van der Waals surface area contributed by atoms with Crippen molar-refractivity contribution in [1.29, 1.82) is 0 Å². The van der Waals surface area contributed by atoms with Crippen molar-refractivity contribution in [2.24, 2.45) is 0 Å². The van der Waals surface area contributed by atoms with Crippen LogP contribution >= 0.6 is 0 Å². The monoisotopic (exact) mass is 226 g/mol. The topological polar surface area (TPSA) is 148 Å². The number of aliphatic carboxylic acids is 1. The van der Waals surface area contributed by atoms with Gasteiger partial charge >= 0.3 is 5.97 Å². The molecule has 0 aromatic rings. The summed E-state index contributed by atoms with van der Waals surface area (Å²) < 4.78 is 4.13. The van der Waals surface area contributed by atoms with Gasteiger partial charge in [0.25, 0.3) is 5.79 Å². The molecule has 0 aromatic heterocycles. The smallest absolute Gasteiger partial charge is 0.367 e. The highest BCUT2D eigenvalue weighted by Crippen LogP contribution is 2.17. The Morgan fingerprint density at radius 3 is 2.13 bits per heavy atom. The van der Waals surface area contributed by atoms with Crippen molar-refractivity contribution in [1.82, 2.24) is 0 Å². The Morgan fingerprint density at radius 2 is 1.87 bits per heavy atom. The Labute approximate surface area is 85.0 Å². The lowest BCUT2D eigenvalue weighted by Crippen LogP contribution is -2.59. The molecule has 6 N–H and O–H groups in total. The average molecular weight is 226 g/mol. The number of aliphatic hydroxyl groups excluding tert-OH is 4. The average Bonchev–Trinajstić information content (AvgIpc) is 2.24. The molecule has 0 rings (SSSR count). The van der Waals surface area contributed by atoms with Crippen molar-refractivity contribution in [3.8, 4) is 0 Å². The highest BCUT2D eigenvalue weighted by Gasteiger charge is 2.49. The van der Waals surface area contributed by atoms with Gasteiger partial charge in [0.15, 0.2) is 0 Å². The van der Waals surface area contributed by atoms with E-state index in [1.807, 2.05) is 0 Å². The molecule has 0 saturated heterocycles. The molecule has 4 atom stereocenters. The molecular weight excluding hydrogens is 212 g/mol. The van der Waals surface area contributed by atoms with Crippen LogP contribution < -0.4 is 0 Å². The predicted molar refractivity (Wildman–Crippen MR) is 44.7 cm³/mol. The van der Waals surface area contributed by atoms with Gasteiger partial charge in [-0.15, -0.1) is 0 Å². The summed E-state index contributed by atoms with van der Waals surface area (Å²) in [5, 5.41) is 53.5. The molecule has 0 spiro atoms. The molecular formula is C7H14O8. The summed E-state index contributed by atoms with van der Waals surface area (Å²) in [4.78, 5) is 10.5. The number of hydrogen-bond acceptors (Lipinski definition) is 7. The molecule has 8 nitrogen and oxygen atoms in total. The van der Waals surface area contributed by atoms with E-state index in [1.165, 1.54) is 0 Å². The fraction of sp³-hybridized carbons (Fsp3) is 0.857. The van der Waals surface area contributed by atoms with E-state index in [2.05, 4.69) is 4.74 Å². The Kier molecular flexibility index (Phi) is 5.08. The van der Waals surface area contributed by atoms with Gasteiger partial charge < -0.3 is 35.4 Å². The summed E-state index contributed by atoms with van der Waals surface area (Å²) in [7, 11) is 0.801. The van der Waals surface area contributed by atoms with Gasteiger partial charge in [-0.05, 0) is 0 Å². The molecule has 0 saturated carbocycles. The van der Waals surface area contributed by atoms with Crippen LogP contribution in [-0.4, -0.2) is 74.4 Å². The molecule has 0 aliphatic heterocycles. The Balaban J connectivity index is 4.79. The lowest BCUT2D eigenvalue weighted by Gasteiger charge is -2.31. The van der Waals surface area contributed by atoms with Gasteiger partial charge in [-0.3, -0.25) is 0 Å². The van der Waals surface area contributed by atoms with E-state index in [-0.39, 0.29) is 0 Å². The van der Waals surface area contributed by atoms with Crippen molar-refractivity contribution in [3.05, 3.63) is 0 Å². The zero-order valence-corrected chi connectivity index (χ0v) is 7.94. The van der Waals surface area contributed by atoms with E-state index in [4.69, 9.17) is 20.4 Å². The number of hydrogen-bond donors (Lipinski definition) is 6. The lowest BCUT2D eigenvalue weighted by molar-refractivity contribution is -0.269. The van der Waals surface area contributed by atoms with E-state index >= 15 is 0 Å². The van der Waals surface area contributed by atoms with Crippen LogP contribution in [0.15, 0.2) is 0 Å². The summed E-state index contributed by atoms with van der Waals surface area (Å²) in [6.45, 7) is -0.905. The molecule has 0 fully saturated rings. The van der Waals surface area contributed by atoms with E-state index in [0.29, 0.717) is 0 Å². The van der Waals surface area contributed by atoms with Gasteiger partial charge in [-0.1, -0.05) is 0 Å². The predicted octanol–water partition coefficient (Wildman–Crippen LogP) is -3.52. The van der Waals surface area contributed by atoms with Gasteiger partial charge in [-0.25, -0.2) is 4.79 Å². The number of methoxy groups -OCH3 is 1. The quantitative estimate of drug-likeness (QED) is 0.255. The lowest BCUT2D eigenvalue weighted by atomic mass is 10.0. The summed E-state index contributed by atoms with van der Waals surface area (Å²) in [6.07, 6.45) is -6.15. The van der Waals surface area contributed by atoms with Crippen molar-refractivity contribution in [3.63, 3.8) is 0 Å². The zero-order chi connectivity index (χ0) is 12.2. The number of ether oxygens (including phenoxy) is 1. The second-order valence-corrected chi connectivity index (χ2v) is 2.89. The Bertz CT molecular complexity index is 219. The normalized spacial score (nSPS) is 21.5. The standard InChI is InChI=1S/C7H14O8/c1-15-7(14,6(12)13)5(11)4(10)3(9)2-8/h3-5,8-11,14H,2H2,1H3,(H,12,13)/t3-,4-,5+,7+/m1/s1. The number of rotatable bonds is 6. The van der Waals surface area contributed by atoms with Gasteiger partial charge in [0.2, 0.25) is 0 Å². The molecule has 0 amide bonds. The minimum Gasteiger partial charge on any atom is -0.477 e. The van der Waals surface area contributed by atoms with Crippen LogP contribution in [0.4, 0.5) is 0 Å². The minimum absolute atomic E-state index is 0.801. The van der Waals surface area contributed by atoms with Crippen LogP contribution in [0.2, 0.25) is 0 Å². The number of carbonyl (C=O) groups is 1. The maximum Gasteiger partial charge on any atom is 0.367 e. The van der Waals surface area contributed by atoms with Crippen molar-refractivity contribution < 1.29 is 40.2 Å². The maximum atomic E-state index is 10.5. The third-order valence-electron chi connectivity index (χ3n) is 1.92. The van der Waals surface area contributed by atoms with E-state index in [1.54, 1.807) is 0 Å². The number of carboxylic acids is 1. The zero-order valence-electron chi connectivity index (χ0n) is 7.94. The molecule has 15 heavy (non-hydrogen) atoms. The van der Waals surface area contributed by atoms with Crippen LogP contribution in [-0.2, 0) is 9.53 Å². The summed E-state index contributed by atoms with van der Waals surface area (Å²) >= 11 is 0. The molecule has 0 bridgehead atoms. The molecule has 90 valence electrons. The second-order valence-electron chi connectivity index (χ2n) is 2.89. The molecule has 0 aromatic carbocycles. The van der Waals surface area contributed by atoms with Crippen LogP contribution in [0.5, 0.6) is 0 Å². The van der Waals surface area contributed by atoms with Crippen LogP contribution in [0.1, 0.15) is 0 Å². The highest BCUT2D eigenvalue weighted by molar-refractivity contribution is 5.76. The Morgan fingerprint density at radius 1 is 1.40 bits per heavy atom. The fourth-order valence-corrected chi connectivity index (χ4v) is 0.884. The van der Waals surface area contributed by atoms with Gasteiger partial charge in [0, 0.05) is 7.11 Å². The number of carboxylic acid groups (broad SMARTS) is 1. The van der Waals surface area contributed by atoms with E-state index < -0.39 is 36.7 Å². The SMILES string of the molecule is CO[C@](O)(C(=O)O)[C@@H](O)[C@H](O)[C@H](O)CO. The van der Waals surface area contributed by atoms with Crippen molar-refractivity contribution in [2.45, 2.75) is 24.1 Å². The van der Waals surface area contributed by atoms with Crippen LogP contribution in [0.25, 0.3) is 0 Å². The van der Waals surface area contributed by atoms with Crippen LogP contribution in [0, 0.1) is 0 Å². The highest BCUT2D eigenvalue weighted by atomic mass is 16.7. The minimum atomic E-state index is -3.05. The third-order valence-corrected chi connectivity index (χ3v) is 1.92. The molecule has 0 aliphatic rings. The first-order valence-electron chi connectivity index (χ1n) is 3.97. The Hall–Kier alpha value is -0.770. The summed E-state index contributed by atoms with van der Waals surface area (Å²) in [6, 6.07) is 0. The van der Waals surface area contributed by atoms with E-state index in [9.17, 15) is 15.0 Å². The van der Waals surface area contributed by atoms with Crippen molar-refractivity contribution in [2.75, 3.05) is 13.7 Å². The first kappa shape index (κ1) is 14.2. The summed E-state index contributed by atoms with van der Waals surface area (Å²) in [5.41, 5.74) is 0. The first-order valence-corrected chi connectivity index (χ1v) is 3.97. The third kappa shape index (κ3) is 2.84. The maximum absolute atomic E-state index is 10.5. The molecule has 0 aliphatic carbocycles. The molecule has 8 heteroatoms. The number of aliphatic hydroxyl groups is 5. The first-order chi connectivity index (χ1) is 6.81. The van der Waals surface area contributed by atoms with Crippen LogP contribution in [0.3, 0.4) is 0 Å². The second kappa shape index (κ2) is 5.35. The van der Waals surface area contributed by atoms with Gasteiger partial charge in [-0.2, -0.15) is 0 Å². The van der Waals surface area contributed by atoms with Gasteiger partial charge in [0.05, 0.1) is 6.61 Å². The molecule has 0 unspecified atom stereocenters. The summed E-state index contributed by atoms with van der Waals surface area (Å²) in [5.74, 6) is -4.98. The van der Waals surface area contributed by atoms with Gasteiger partial charge in [0.1, 0.15) is 18.3 Å². The molecule has 0 heterocycles. The van der Waals surface area contributed by atoms with E-state index in [0.717, 1.165) is 7.11 Å².